The first-order valence-electron chi connectivity index (χ1n) is 8.03. The lowest BCUT2D eigenvalue weighted by Gasteiger charge is -1.98. The Bertz CT molecular complexity index is 884. The van der Waals surface area contributed by atoms with E-state index in [1.807, 2.05) is 60.7 Å². The molecule has 0 fully saturated rings. The van der Waals surface area contributed by atoms with Gasteiger partial charge in [-0.3, -0.25) is 4.79 Å². The van der Waals surface area contributed by atoms with Crippen LogP contribution in [0.15, 0.2) is 72.8 Å². The highest BCUT2D eigenvalue weighted by molar-refractivity contribution is 5.77. The Hall–Kier alpha value is -3.39. The molecule has 0 heterocycles. The van der Waals surface area contributed by atoms with E-state index in [1.54, 1.807) is 12.1 Å². The van der Waals surface area contributed by atoms with Gasteiger partial charge in [0.15, 0.2) is 0 Å². The number of phenolic OH excluding ortho intramolecular Hbond substituents is 1. The number of hydrogen-bond acceptors (Lipinski definition) is 2. The average molecular weight is 326 g/mol. The van der Waals surface area contributed by atoms with Gasteiger partial charge in [-0.2, -0.15) is 0 Å². The molecule has 0 bridgehead atoms. The lowest BCUT2D eigenvalue weighted by Crippen LogP contribution is -1.79. The maximum atomic E-state index is 10.7. The molecule has 25 heavy (non-hydrogen) atoms. The Morgan fingerprint density at radius 3 is 1.08 bits per heavy atom. The summed E-state index contributed by atoms with van der Waals surface area (Å²) in [6.45, 7) is 0. The van der Waals surface area contributed by atoms with Gasteiger partial charge in [-0.15, -0.1) is 0 Å². The number of aldehydes is 1. The predicted molar refractivity (Wildman–Crippen MR) is 104 cm³/mol. The first kappa shape index (κ1) is 16.5. The van der Waals surface area contributed by atoms with E-state index in [1.165, 1.54) is 0 Å². The molecule has 0 aliphatic heterocycles. The highest BCUT2D eigenvalue weighted by Crippen LogP contribution is 2.14. The minimum Gasteiger partial charge on any atom is -0.508 e. The number of aromatic hydroxyl groups is 1. The molecule has 3 rings (SSSR count). The van der Waals surface area contributed by atoms with Gasteiger partial charge in [-0.1, -0.05) is 85.0 Å². The van der Waals surface area contributed by atoms with Crippen molar-refractivity contribution in [3.63, 3.8) is 0 Å². The van der Waals surface area contributed by atoms with Gasteiger partial charge < -0.3 is 5.11 Å². The molecule has 0 unspecified atom stereocenters. The third kappa shape index (κ3) is 4.79. The molecule has 122 valence electrons. The summed E-state index contributed by atoms with van der Waals surface area (Å²) in [6.07, 6.45) is 8.97. The fourth-order valence-corrected chi connectivity index (χ4v) is 2.37. The van der Waals surface area contributed by atoms with E-state index in [0.29, 0.717) is 5.56 Å². The van der Waals surface area contributed by atoms with Crippen molar-refractivity contribution in [3.05, 3.63) is 101 Å². The molecular weight excluding hydrogens is 308 g/mol. The maximum absolute atomic E-state index is 10.7. The van der Waals surface area contributed by atoms with Gasteiger partial charge >= 0.3 is 0 Å². The van der Waals surface area contributed by atoms with Gasteiger partial charge in [0, 0.05) is 5.56 Å². The highest BCUT2D eigenvalue weighted by atomic mass is 16.3. The van der Waals surface area contributed by atoms with E-state index in [4.69, 9.17) is 0 Å². The van der Waals surface area contributed by atoms with Crippen LogP contribution in [0.3, 0.4) is 0 Å². The topological polar surface area (TPSA) is 37.3 Å². The van der Waals surface area contributed by atoms with E-state index in [9.17, 15) is 9.90 Å². The molecule has 0 aliphatic rings. The SMILES string of the molecule is O=Cc1ccc(C=Cc2ccc(C=Cc3ccc(O)cc3)cc2)cc1. The summed E-state index contributed by atoms with van der Waals surface area (Å²) in [6, 6.07) is 22.8. The van der Waals surface area contributed by atoms with Crippen LogP contribution in [0, 0.1) is 0 Å². The van der Waals surface area contributed by atoms with Gasteiger partial charge in [-0.05, 0) is 34.4 Å². The minimum absolute atomic E-state index is 0.272. The molecule has 3 aromatic carbocycles. The smallest absolute Gasteiger partial charge is 0.150 e. The summed E-state index contributed by atoms with van der Waals surface area (Å²) in [5, 5.41) is 9.29. The standard InChI is InChI=1S/C23H18O2/c24-17-22-11-9-20(10-12-22)6-5-18-1-3-19(4-2-18)7-8-21-13-15-23(25)16-14-21/h1-17,25H. The first-order chi connectivity index (χ1) is 12.2. The number of carbonyl (C=O) groups is 1. The zero-order valence-electron chi connectivity index (χ0n) is 13.7. The van der Waals surface area contributed by atoms with E-state index in [-0.39, 0.29) is 5.75 Å². The quantitative estimate of drug-likeness (QED) is 0.493. The minimum atomic E-state index is 0.272. The Morgan fingerprint density at radius 2 is 0.760 bits per heavy atom. The predicted octanol–water partition coefficient (Wildman–Crippen LogP) is 5.55. The summed E-state index contributed by atoms with van der Waals surface area (Å²) in [5.74, 6) is 0.272. The van der Waals surface area contributed by atoms with Crippen LogP contribution in [0.25, 0.3) is 24.3 Å². The third-order valence-electron chi connectivity index (χ3n) is 3.84. The second kappa shape index (κ2) is 7.93. The molecule has 0 aromatic heterocycles. The van der Waals surface area contributed by atoms with E-state index in [0.717, 1.165) is 28.5 Å². The summed E-state index contributed by atoms with van der Waals surface area (Å²) in [4.78, 5) is 10.7. The Labute approximate surface area is 147 Å². The normalized spacial score (nSPS) is 11.2. The van der Waals surface area contributed by atoms with Crippen molar-refractivity contribution in [1.82, 2.24) is 0 Å². The summed E-state index contributed by atoms with van der Waals surface area (Å²) in [5.41, 5.74) is 5.01. The molecule has 0 saturated carbocycles. The summed E-state index contributed by atoms with van der Waals surface area (Å²) in [7, 11) is 0. The van der Waals surface area contributed by atoms with Gasteiger partial charge in [0.05, 0.1) is 0 Å². The Balaban J connectivity index is 1.65. The molecule has 0 saturated heterocycles. The van der Waals surface area contributed by atoms with Crippen LogP contribution in [0.1, 0.15) is 32.6 Å². The van der Waals surface area contributed by atoms with Gasteiger partial charge in [0.25, 0.3) is 0 Å². The average Bonchev–Trinajstić information content (AvgIpc) is 2.67. The van der Waals surface area contributed by atoms with Crippen LogP contribution in [0.5, 0.6) is 5.75 Å². The molecule has 0 atom stereocenters. The van der Waals surface area contributed by atoms with Crippen LogP contribution in [-0.2, 0) is 0 Å². The van der Waals surface area contributed by atoms with Crippen molar-refractivity contribution in [2.45, 2.75) is 0 Å². The zero-order chi connectivity index (χ0) is 17.5. The van der Waals surface area contributed by atoms with Crippen molar-refractivity contribution in [2.75, 3.05) is 0 Å². The number of phenols is 1. The fraction of sp³-hybridized carbons (Fsp3) is 0. The monoisotopic (exact) mass is 326 g/mol. The fourth-order valence-electron chi connectivity index (χ4n) is 2.37. The van der Waals surface area contributed by atoms with Crippen LogP contribution < -0.4 is 0 Å². The van der Waals surface area contributed by atoms with Crippen molar-refractivity contribution >= 4 is 30.6 Å². The van der Waals surface area contributed by atoms with Crippen LogP contribution in [0.4, 0.5) is 0 Å². The van der Waals surface area contributed by atoms with E-state index < -0.39 is 0 Å². The van der Waals surface area contributed by atoms with Crippen molar-refractivity contribution in [1.29, 1.82) is 0 Å². The molecule has 0 spiro atoms. The van der Waals surface area contributed by atoms with Gasteiger partial charge in [0.2, 0.25) is 0 Å². The Morgan fingerprint density at radius 1 is 0.480 bits per heavy atom. The number of carbonyl (C=O) groups excluding carboxylic acids is 1. The van der Waals surface area contributed by atoms with Crippen molar-refractivity contribution in [3.8, 4) is 5.75 Å². The van der Waals surface area contributed by atoms with Gasteiger partial charge in [-0.25, -0.2) is 0 Å². The summed E-state index contributed by atoms with van der Waals surface area (Å²) >= 11 is 0. The molecule has 3 aromatic rings. The molecule has 2 heteroatoms. The molecule has 2 nitrogen and oxygen atoms in total. The van der Waals surface area contributed by atoms with Gasteiger partial charge in [0.1, 0.15) is 12.0 Å². The highest BCUT2D eigenvalue weighted by Gasteiger charge is 1.92. The number of hydrogen-bond donors (Lipinski definition) is 1. The van der Waals surface area contributed by atoms with Crippen molar-refractivity contribution in [2.24, 2.45) is 0 Å². The second-order valence-corrected chi connectivity index (χ2v) is 5.71. The molecule has 0 aliphatic carbocycles. The third-order valence-corrected chi connectivity index (χ3v) is 3.84. The summed E-state index contributed by atoms with van der Waals surface area (Å²) < 4.78 is 0. The van der Waals surface area contributed by atoms with Crippen LogP contribution >= 0.6 is 0 Å². The number of rotatable bonds is 5. The molecule has 1 N–H and O–H groups in total. The van der Waals surface area contributed by atoms with Crippen LogP contribution in [0.2, 0.25) is 0 Å². The van der Waals surface area contributed by atoms with E-state index >= 15 is 0 Å². The lowest BCUT2D eigenvalue weighted by atomic mass is 10.1. The lowest BCUT2D eigenvalue weighted by molar-refractivity contribution is 0.112. The van der Waals surface area contributed by atoms with E-state index in [2.05, 4.69) is 24.3 Å². The first-order valence-corrected chi connectivity index (χ1v) is 8.03. The zero-order valence-corrected chi connectivity index (χ0v) is 13.7. The van der Waals surface area contributed by atoms with Crippen LogP contribution in [-0.4, -0.2) is 11.4 Å². The molecule has 0 radical (unpaired) electrons. The second-order valence-electron chi connectivity index (χ2n) is 5.71. The number of benzene rings is 3. The Kier molecular flexibility index (Phi) is 5.22. The largest absolute Gasteiger partial charge is 0.508 e. The molecular formula is C23H18O2. The van der Waals surface area contributed by atoms with Crippen molar-refractivity contribution < 1.29 is 9.90 Å². The maximum Gasteiger partial charge on any atom is 0.150 e. The molecule has 0 amide bonds.